The summed E-state index contributed by atoms with van der Waals surface area (Å²) in [5.41, 5.74) is 5.38. The lowest BCUT2D eigenvalue weighted by Gasteiger charge is -2.19. The van der Waals surface area contributed by atoms with Gasteiger partial charge in [-0.15, -0.1) is 0 Å². The Bertz CT molecular complexity index is 1440. The summed E-state index contributed by atoms with van der Waals surface area (Å²) in [5, 5.41) is 0. The van der Waals surface area contributed by atoms with Crippen LogP contribution in [0, 0.1) is 0 Å². The molecule has 0 aliphatic carbocycles. The molecule has 2 unspecified atom stereocenters. The molecular weight excluding hydrogens is 978 g/mol. The molecule has 450 valence electrons. The zero-order chi connectivity index (χ0) is 55.9. The van der Waals surface area contributed by atoms with Crippen LogP contribution in [0.2, 0.25) is 0 Å². The minimum Gasteiger partial charge on any atom is -0.462 e. The van der Waals surface area contributed by atoms with Crippen molar-refractivity contribution in [3.05, 3.63) is 60.8 Å². The quantitative estimate of drug-likeness (QED) is 0.0264. The summed E-state index contributed by atoms with van der Waals surface area (Å²) < 4.78 is 33.0. The molecule has 0 aliphatic rings. The molecule has 0 saturated carbocycles. The maximum atomic E-state index is 12.7. The van der Waals surface area contributed by atoms with Gasteiger partial charge in [0.25, 0.3) is 0 Å². The van der Waals surface area contributed by atoms with Gasteiger partial charge in [-0.1, -0.05) is 312 Å². The standard InChI is InChI=1S/C67H124NO8P/c1-3-5-7-9-11-13-15-17-19-21-23-24-25-26-27-28-29-30-31-32-33-34-35-36-37-38-39-40-42-43-45-47-49-51-53-55-57-59-66(69)73-63-65(64-75-77(71,72)74-62-61-68)76-67(70)60-58-56-54-52-50-48-46-44-41-22-20-18-16-14-12-10-8-6-4-2/h6,8,12,14,18,20,41,44,48,50,65H,3-5,7,9-11,13,15-17,19,21-40,42-43,45-47,49,51-64,68H2,1-2H3,(H,71,72)/b8-6-,14-12-,20-18-,44-41-,50-48-. The van der Waals surface area contributed by atoms with Crippen molar-refractivity contribution in [3.8, 4) is 0 Å². The Balaban J connectivity index is 3.80. The van der Waals surface area contributed by atoms with Crippen molar-refractivity contribution >= 4 is 19.8 Å². The van der Waals surface area contributed by atoms with Crippen molar-refractivity contribution in [1.82, 2.24) is 0 Å². The van der Waals surface area contributed by atoms with Gasteiger partial charge in [0.1, 0.15) is 6.61 Å². The van der Waals surface area contributed by atoms with Crippen molar-refractivity contribution in [2.75, 3.05) is 26.4 Å². The fourth-order valence-electron chi connectivity index (χ4n) is 9.61. The van der Waals surface area contributed by atoms with Gasteiger partial charge in [-0.05, 0) is 57.8 Å². The fraction of sp³-hybridized carbons (Fsp3) is 0.821. The highest BCUT2D eigenvalue weighted by Gasteiger charge is 2.26. The number of carbonyl (C=O) groups is 2. The van der Waals surface area contributed by atoms with Gasteiger partial charge in [0.2, 0.25) is 0 Å². The number of allylic oxidation sites excluding steroid dienone is 10. The number of carbonyl (C=O) groups excluding carboxylic acids is 2. The second kappa shape index (κ2) is 62.9. The van der Waals surface area contributed by atoms with E-state index >= 15 is 0 Å². The fourth-order valence-corrected chi connectivity index (χ4v) is 10.4. The molecule has 0 rings (SSSR count). The van der Waals surface area contributed by atoms with Crippen molar-refractivity contribution in [2.24, 2.45) is 5.73 Å². The number of phosphoric acid groups is 1. The normalized spacial score (nSPS) is 13.4. The molecule has 0 aliphatic heterocycles. The van der Waals surface area contributed by atoms with Crippen LogP contribution >= 0.6 is 7.82 Å². The minimum absolute atomic E-state index is 0.0464. The highest BCUT2D eigenvalue weighted by atomic mass is 31.2. The van der Waals surface area contributed by atoms with Crippen LogP contribution in [0.5, 0.6) is 0 Å². The summed E-state index contributed by atoms with van der Waals surface area (Å²) in [7, 11) is -4.40. The number of ether oxygens (including phenoxy) is 2. The first-order chi connectivity index (χ1) is 37.8. The third-order valence-electron chi connectivity index (χ3n) is 14.4. The summed E-state index contributed by atoms with van der Waals surface area (Å²) in [4.78, 5) is 35.2. The molecule has 0 aromatic rings. The van der Waals surface area contributed by atoms with E-state index in [-0.39, 0.29) is 38.6 Å². The van der Waals surface area contributed by atoms with Crippen molar-refractivity contribution in [1.29, 1.82) is 0 Å². The van der Waals surface area contributed by atoms with Gasteiger partial charge in [-0.25, -0.2) is 4.57 Å². The van der Waals surface area contributed by atoms with E-state index in [1.165, 1.54) is 218 Å². The second-order valence-electron chi connectivity index (χ2n) is 22.0. The van der Waals surface area contributed by atoms with E-state index in [0.29, 0.717) is 6.42 Å². The van der Waals surface area contributed by atoms with E-state index in [1.807, 2.05) is 0 Å². The predicted molar refractivity (Wildman–Crippen MR) is 330 cm³/mol. The molecule has 10 heteroatoms. The molecule has 0 spiro atoms. The Morgan fingerprint density at radius 3 is 1.06 bits per heavy atom. The van der Waals surface area contributed by atoms with E-state index in [0.717, 1.165) is 70.6 Å². The van der Waals surface area contributed by atoms with E-state index in [4.69, 9.17) is 24.3 Å². The van der Waals surface area contributed by atoms with Crippen LogP contribution in [0.4, 0.5) is 0 Å². The summed E-state index contributed by atoms with van der Waals surface area (Å²) in [5.74, 6) is -0.856. The first kappa shape index (κ1) is 74.7. The molecule has 0 heterocycles. The first-order valence-corrected chi connectivity index (χ1v) is 34.3. The predicted octanol–water partition coefficient (Wildman–Crippen LogP) is 21.1. The summed E-state index contributed by atoms with van der Waals surface area (Å²) in [6.07, 6.45) is 80.5. The van der Waals surface area contributed by atoms with Crippen LogP contribution in [0.25, 0.3) is 0 Å². The largest absolute Gasteiger partial charge is 0.472 e. The Hall–Kier alpha value is -2.29. The van der Waals surface area contributed by atoms with Gasteiger partial charge in [0.15, 0.2) is 6.10 Å². The monoisotopic (exact) mass is 1100 g/mol. The Kier molecular flexibility index (Phi) is 61.0. The molecule has 0 saturated heterocycles. The van der Waals surface area contributed by atoms with Gasteiger partial charge >= 0.3 is 19.8 Å². The van der Waals surface area contributed by atoms with Gasteiger partial charge < -0.3 is 20.1 Å². The van der Waals surface area contributed by atoms with Crippen LogP contribution in [-0.2, 0) is 32.7 Å². The van der Waals surface area contributed by atoms with E-state index in [2.05, 4.69) is 74.6 Å². The van der Waals surface area contributed by atoms with Crippen LogP contribution in [0.3, 0.4) is 0 Å². The van der Waals surface area contributed by atoms with Crippen molar-refractivity contribution in [2.45, 2.75) is 328 Å². The number of rotatable bonds is 62. The van der Waals surface area contributed by atoms with Gasteiger partial charge in [-0.2, -0.15) is 0 Å². The van der Waals surface area contributed by atoms with Crippen LogP contribution in [0.1, 0.15) is 322 Å². The second-order valence-corrected chi connectivity index (χ2v) is 23.4. The minimum atomic E-state index is -4.40. The number of hydrogen-bond acceptors (Lipinski definition) is 8. The molecule has 0 amide bonds. The number of esters is 2. The highest BCUT2D eigenvalue weighted by molar-refractivity contribution is 7.47. The average molecular weight is 1100 g/mol. The van der Waals surface area contributed by atoms with Gasteiger partial charge in [-0.3, -0.25) is 18.6 Å². The SMILES string of the molecule is CC/C=C\C/C=C\C/C=C\C/C=C\C/C=C\CCCCCC(=O)OC(COC(=O)CCCCCCCCCCCCCCCCCCCCCCCCCCCCCCCCCCCCCCC)COP(=O)(O)OCCN. The number of hydrogen-bond donors (Lipinski definition) is 2. The molecule has 9 nitrogen and oxygen atoms in total. The van der Waals surface area contributed by atoms with E-state index < -0.39 is 26.5 Å². The third kappa shape index (κ3) is 62.8. The van der Waals surface area contributed by atoms with Crippen molar-refractivity contribution in [3.63, 3.8) is 0 Å². The maximum Gasteiger partial charge on any atom is 0.472 e. The Morgan fingerprint density at radius 2 is 0.714 bits per heavy atom. The molecule has 0 aromatic carbocycles. The molecule has 0 fully saturated rings. The molecular formula is C67H124NO8P. The lowest BCUT2D eigenvalue weighted by atomic mass is 10.0. The van der Waals surface area contributed by atoms with Crippen LogP contribution in [-0.4, -0.2) is 49.3 Å². The maximum absolute atomic E-state index is 12.7. The molecule has 0 aromatic heterocycles. The lowest BCUT2D eigenvalue weighted by Crippen LogP contribution is -2.29. The number of nitrogens with two attached hydrogens (primary N) is 1. The lowest BCUT2D eigenvalue weighted by molar-refractivity contribution is -0.161. The average Bonchev–Trinajstić information content (AvgIpc) is 3.42. The summed E-state index contributed by atoms with van der Waals surface area (Å²) in [6.45, 7) is 3.63. The van der Waals surface area contributed by atoms with Crippen molar-refractivity contribution < 1.29 is 37.6 Å². The third-order valence-corrected chi connectivity index (χ3v) is 15.4. The zero-order valence-electron chi connectivity index (χ0n) is 50.4. The topological polar surface area (TPSA) is 134 Å². The first-order valence-electron chi connectivity index (χ1n) is 32.8. The van der Waals surface area contributed by atoms with Gasteiger partial charge in [0, 0.05) is 19.4 Å². The van der Waals surface area contributed by atoms with Crippen LogP contribution < -0.4 is 5.73 Å². The van der Waals surface area contributed by atoms with E-state index in [9.17, 15) is 19.0 Å². The molecule has 3 N–H and O–H groups in total. The van der Waals surface area contributed by atoms with E-state index in [1.54, 1.807) is 0 Å². The summed E-state index contributed by atoms with van der Waals surface area (Å²) in [6, 6.07) is 0. The Morgan fingerprint density at radius 1 is 0.403 bits per heavy atom. The zero-order valence-corrected chi connectivity index (χ0v) is 51.3. The Labute approximate surface area is 476 Å². The van der Waals surface area contributed by atoms with Crippen LogP contribution in [0.15, 0.2) is 60.8 Å². The van der Waals surface area contributed by atoms with Gasteiger partial charge in [0.05, 0.1) is 13.2 Å². The number of phosphoric ester groups is 1. The number of unbranched alkanes of at least 4 members (excludes halogenated alkanes) is 39. The molecule has 77 heavy (non-hydrogen) atoms. The molecule has 0 bridgehead atoms. The molecule has 0 radical (unpaired) electrons. The molecule has 2 atom stereocenters. The summed E-state index contributed by atoms with van der Waals surface area (Å²) >= 11 is 0. The highest BCUT2D eigenvalue weighted by Crippen LogP contribution is 2.43. The smallest absolute Gasteiger partial charge is 0.462 e.